The highest BCUT2D eigenvalue weighted by atomic mass is 127. The quantitative estimate of drug-likeness (QED) is 0.554. The van der Waals surface area contributed by atoms with Gasteiger partial charge in [-0.25, -0.2) is 9.97 Å². The molecule has 0 unspecified atom stereocenters. The molecule has 1 aromatic carbocycles. The van der Waals surface area contributed by atoms with Crippen LogP contribution in [0.15, 0.2) is 41.3 Å². The van der Waals surface area contributed by atoms with Crippen LogP contribution < -0.4 is 5.73 Å². The minimum absolute atomic E-state index is 0.379. The van der Waals surface area contributed by atoms with E-state index in [0.717, 1.165) is 9.13 Å². The molecule has 0 fully saturated rings. The standard InChI is InChI=1S/C12H8IN5O/c13-7-1-2-9(14)8(5-7)12-17-11(18-19-12)10-3-4-15-6-16-10/h1-6H,14H2. The SMILES string of the molecule is Nc1ccc(I)cc1-c1nc(-c2ccncn2)no1. The van der Waals surface area contributed by atoms with Gasteiger partial charge in [0.05, 0.1) is 5.56 Å². The summed E-state index contributed by atoms with van der Waals surface area (Å²) in [4.78, 5) is 12.2. The number of nitrogens with two attached hydrogens (primary N) is 1. The van der Waals surface area contributed by atoms with Crippen molar-refractivity contribution < 1.29 is 4.52 Å². The van der Waals surface area contributed by atoms with Crippen LogP contribution in [0, 0.1) is 3.57 Å². The van der Waals surface area contributed by atoms with E-state index in [9.17, 15) is 0 Å². The predicted molar refractivity (Wildman–Crippen MR) is 77.9 cm³/mol. The van der Waals surface area contributed by atoms with Crippen molar-refractivity contribution in [3.8, 4) is 23.0 Å². The zero-order chi connectivity index (χ0) is 13.2. The molecular formula is C12H8IN5O. The highest BCUT2D eigenvalue weighted by Gasteiger charge is 2.13. The lowest BCUT2D eigenvalue weighted by Gasteiger charge is -2.00. The number of nitrogens with zero attached hydrogens (tertiary/aromatic N) is 4. The highest BCUT2D eigenvalue weighted by Crippen LogP contribution is 2.27. The van der Waals surface area contributed by atoms with Crippen LogP contribution in [0.2, 0.25) is 0 Å². The van der Waals surface area contributed by atoms with Crippen molar-refractivity contribution in [1.82, 2.24) is 20.1 Å². The van der Waals surface area contributed by atoms with Crippen LogP contribution >= 0.6 is 22.6 Å². The van der Waals surface area contributed by atoms with Gasteiger partial charge >= 0.3 is 0 Å². The van der Waals surface area contributed by atoms with Gasteiger partial charge in [-0.3, -0.25) is 0 Å². The summed E-state index contributed by atoms with van der Waals surface area (Å²) in [7, 11) is 0. The average molecular weight is 365 g/mol. The van der Waals surface area contributed by atoms with Gasteiger partial charge in [0.1, 0.15) is 12.0 Å². The second-order valence-corrected chi connectivity index (χ2v) is 4.99. The number of anilines is 1. The molecule has 0 amide bonds. The van der Waals surface area contributed by atoms with E-state index in [4.69, 9.17) is 10.3 Å². The fourth-order valence-corrected chi connectivity index (χ4v) is 2.06. The van der Waals surface area contributed by atoms with E-state index in [0.29, 0.717) is 23.1 Å². The van der Waals surface area contributed by atoms with Crippen LogP contribution in [0.1, 0.15) is 0 Å². The molecule has 0 atom stereocenters. The Morgan fingerprint density at radius 1 is 1.21 bits per heavy atom. The molecule has 94 valence electrons. The fourth-order valence-electron chi connectivity index (χ4n) is 1.57. The minimum atomic E-state index is 0.379. The van der Waals surface area contributed by atoms with E-state index in [1.165, 1.54) is 6.33 Å². The lowest BCUT2D eigenvalue weighted by molar-refractivity contribution is 0.432. The lowest BCUT2D eigenvalue weighted by Crippen LogP contribution is -1.91. The maximum absolute atomic E-state index is 5.91. The number of halogens is 1. The molecule has 2 heterocycles. The smallest absolute Gasteiger partial charge is 0.260 e. The molecule has 3 rings (SSSR count). The van der Waals surface area contributed by atoms with Gasteiger partial charge in [-0.1, -0.05) is 5.16 Å². The first-order chi connectivity index (χ1) is 9.24. The molecule has 0 saturated carbocycles. The van der Waals surface area contributed by atoms with Gasteiger partial charge in [0.2, 0.25) is 5.82 Å². The highest BCUT2D eigenvalue weighted by molar-refractivity contribution is 14.1. The largest absolute Gasteiger partial charge is 0.398 e. The average Bonchev–Trinajstić information content (AvgIpc) is 2.92. The molecule has 0 radical (unpaired) electrons. The second-order valence-electron chi connectivity index (χ2n) is 3.75. The van der Waals surface area contributed by atoms with Gasteiger partial charge in [0.15, 0.2) is 0 Å². The van der Waals surface area contributed by atoms with Crippen molar-refractivity contribution in [2.75, 3.05) is 5.73 Å². The molecule has 0 aliphatic rings. The molecule has 19 heavy (non-hydrogen) atoms. The number of hydrogen-bond donors (Lipinski definition) is 1. The number of rotatable bonds is 2. The summed E-state index contributed by atoms with van der Waals surface area (Å²) >= 11 is 2.20. The molecule has 0 bridgehead atoms. The Hall–Kier alpha value is -2.03. The summed E-state index contributed by atoms with van der Waals surface area (Å²) in [5, 5.41) is 3.90. The Morgan fingerprint density at radius 3 is 2.89 bits per heavy atom. The van der Waals surface area contributed by atoms with Crippen LogP contribution in [0.4, 0.5) is 5.69 Å². The Kier molecular flexibility index (Phi) is 3.11. The Labute approximate surface area is 122 Å². The summed E-state index contributed by atoms with van der Waals surface area (Å²) in [5.74, 6) is 0.792. The predicted octanol–water partition coefficient (Wildman–Crippen LogP) is 2.38. The van der Waals surface area contributed by atoms with E-state index < -0.39 is 0 Å². The molecule has 0 spiro atoms. The number of benzene rings is 1. The van der Waals surface area contributed by atoms with E-state index in [1.54, 1.807) is 12.3 Å². The van der Waals surface area contributed by atoms with Gasteiger partial charge < -0.3 is 10.3 Å². The Morgan fingerprint density at radius 2 is 2.11 bits per heavy atom. The maximum atomic E-state index is 5.91. The normalized spacial score (nSPS) is 10.6. The van der Waals surface area contributed by atoms with Crippen molar-refractivity contribution in [3.05, 3.63) is 40.4 Å². The molecule has 2 aromatic heterocycles. The van der Waals surface area contributed by atoms with E-state index in [-0.39, 0.29) is 0 Å². The van der Waals surface area contributed by atoms with Crippen molar-refractivity contribution in [1.29, 1.82) is 0 Å². The van der Waals surface area contributed by atoms with Crippen LogP contribution in [-0.4, -0.2) is 20.1 Å². The van der Waals surface area contributed by atoms with E-state index in [1.807, 2.05) is 18.2 Å². The van der Waals surface area contributed by atoms with Gasteiger partial charge in [0, 0.05) is 15.5 Å². The van der Waals surface area contributed by atoms with Crippen LogP contribution in [0.3, 0.4) is 0 Å². The molecule has 0 saturated heterocycles. The van der Waals surface area contributed by atoms with Crippen LogP contribution in [0.5, 0.6) is 0 Å². The molecular weight excluding hydrogens is 357 g/mol. The fraction of sp³-hybridized carbons (Fsp3) is 0. The second kappa shape index (κ2) is 4.92. The van der Waals surface area contributed by atoms with Crippen LogP contribution in [-0.2, 0) is 0 Å². The number of nitrogen functional groups attached to an aromatic ring is 1. The summed E-state index contributed by atoms with van der Waals surface area (Å²) in [6, 6.07) is 7.34. The van der Waals surface area contributed by atoms with Gasteiger partial charge in [-0.15, -0.1) is 0 Å². The molecule has 0 aliphatic heterocycles. The van der Waals surface area contributed by atoms with E-state index in [2.05, 4.69) is 42.7 Å². The van der Waals surface area contributed by atoms with Crippen LogP contribution in [0.25, 0.3) is 23.0 Å². The van der Waals surface area contributed by atoms with Gasteiger partial charge in [0.25, 0.3) is 5.89 Å². The lowest BCUT2D eigenvalue weighted by atomic mass is 10.2. The molecule has 7 heteroatoms. The summed E-state index contributed by atoms with van der Waals surface area (Å²) in [6.07, 6.45) is 3.06. The van der Waals surface area contributed by atoms with Gasteiger partial charge in [-0.2, -0.15) is 4.98 Å². The van der Waals surface area contributed by atoms with Crippen molar-refractivity contribution in [3.63, 3.8) is 0 Å². The topological polar surface area (TPSA) is 90.7 Å². The number of hydrogen-bond acceptors (Lipinski definition) is 6. The molecule has 6 nitrogen and oxygen atoms in total. The number of aromatic nitrogens is 4. The van der Waals surface area contributed by atoms with Gasteiger partial charge in [-0.05, 0) is 46.9 Å². The molecule has 3 aromatic rings. The third kappa shape index (κ3) is 2.41. The molecule has 0 aliphatic carbocycles. The monoisotopic (exact) mass is 365 g/mol. The zero-order valence-electron chi connectivity index (χ0n) is 9.62. The minimum Gasteiger partial charge on any atom is -0.398 e. The maximum Gasteiger partial charge on any atom is 0.260 e. The summed E-state index contributed by atoms with van der Waals surface area (Å²) in [5.41, 5.74) is 7.84. The third-order valence-electron chi connectivity index (χ3n) is 2.48. The summed E-state index contributed by atoms with van der Waals surface area (Å²) < 4.78 is 6.28. The van der Waals surface area contributed by atoms with Crippen molar-refractivity contribution in [2.24, 2.45) is 0 Å². The zero-order valence-corrected chi connectivity index (χ0v) is 11.8. The Balaban J connectivity index is 2.04. The summed E-state index contributed by atoms with van der Waals surface area (Å²) in [6.45, 7) is 0. The molecule has 2 N–H and O–H groups in total. The first-order valence-electron chi connectivity index (χ1n) is 5.39. The van der Waals surface area contributed by atoms with E-state index >= 15 is 0 Å². The third-order valence-corrected chi connectivity index (χ3v) is 3.15. The Bertz CT molecular complexity index is 713. The van der Waals surface area contributed by atoms with Crippen molar-refractivity contribution in [2.45, 2.75) is 0 Å². The van der Waals surface area contributed by atoms with Crippen molar-refractivity contribution >= 4 is 28.3 Å². The first kappa shape index (κ1) is 12.0. The first-order valence-corrected chi connectivity index (χ1v) is 6.47.